The molecule has 0 unspecified atom stereocenters. The number of ketones is 1. The molecule has 1 rings (SSSR count). The lowest BCUT2D eigenvalue weighted by Gasteiger charge is -2.08. The van der Waals surface area contributed by atoms with Crippen molar-refractivity contribution in [1.82, 2.24) is 4.57 Å². The van der Waals surface area contributed by atoms with Crippen molar-refractivity contribution >= 4 is 5.78 Å². The van der Waals surface area contributed by atoms with E-state index in [9.17, 15) is 18.0 Å². The van der Waals surface area contributed by atoms with Crippen LogP contribution in [-0.2, 0) is 11.5 Å². The Morgan fingerprint density at radius 2 is 2.21 bits per heavy atom. The number of nitrogens with zero attached hydrogens (tertiary/aromatic N) is 1. The number of Topliss-reactive ketones (excluding diaryl/α,β-unsaturated/α-hetero) is 1. The van der Waals surface area contributed by atoms with Gasteiger partial charge < -0.3 is 9.30 Å². The van der Waals surface area contributed by atoms with E-state index < -0.39 is 17.7 Å². The average Bonchev–Trinajstić information content (AvgIpc) is 2.50. The van der Waals surface area contributed by atoms with Crippen LogP contribution in [-0.4, -0.2) is 23.6 Å². The summed E-state index contributed by atoms with van der Waals surface area (Å²) in [6.45, 7) is -0.0792. The van der Waals surface area contributed by atoms with Crippen LogP contribution in [0.15, 0.2) is 18.3 Å². The summed E-state index contributed by atoms with van der Waals surface area (Å²) in [5.74, 6) is -1.86. The van der Waals surface area contributed by atoms with Crippen molar-refractivity contribution in [1.29, 1.82) is 0 Å². The highest BCUT2D eigenvalue weighted by Gasteiger charge is 2.40. The number of methoxy groups -OCH3 is 1. The van der Waals surface area contributed by atoms with Crippen molar-refractivity contribution in [3.05, 3.63) is 24.0 Å². The van der Waals surface area contributed by atoms with Gasteiger partial charge in [0.25, 0.3) is 5.78 Å². The van der Waals surface area contributed by atoms with Crippen LogP contribution in [0.3, 0.4) is 0 Å². The molecule has 78 valence electrons. The molecule has 0 aliphatic heterocycles. The lowest BCUT2D eigenvalue weighted by Crippen LogP contribution is -2.25. The van der Waals surface area contributed by atoms with Crippen LogP contribution in [0.25, 0.3) is 0 Å². The number of rotatable bonds is 3. The molecule has 0 aromatic carbocycles. The zero-order valence-corrected chi connectivity index (χ0v) is 7.34. The molecule has 0 saturated heterocycles. The molecule has 0 aliphatic rings. The number of halogens is 3. The Bertz CT molecular complexity index is 330. The van der Waals surface area contributed by atoms with Crippen molar-refractivity contribution in [3.63, 3.8) is 0 Å². The third kappa shape index (κ3) is 2.14. The molecule has 0 N–H and O–H groups in total. The van der Waals surface area contributed by atoms with Gasteiger partial charge in [-0.3, -0.25) is 4.79 Å². The second-order valence-electron chi connectivity index (χ2n) is 2.61. The van der Waals surface area contributed by atoms with Crippen molar-refractivity contribution in [2.24, 2.45) is 0 Å². The molecule has 0 bridgehead atoms. The normalized spacial score (nSPS) is 11.7. The summed E-state index contributed by atoms with van der Waals surface area (Å²) in [6.07, 6.45) is -3.49. The van der Waals surface area contributed by atoms with Crippen molar-refractivity contribution in [2.45, 2.75) is 12.9 Å². The monoisotopic (exact) mass is 207 g/mol. The Kier molecular flexibility index (Phi) is 2.95. The van der Waals surface area contributed by atoms with E-state index in [0.29, 0.717) is 0 Å². The highest BCUT2D eigenvalue weighted by atomic mass is 19.4. The molecule has 0 radical (unpaired) electrons. The maximum atomic E-state index is 12.0. The van der Waals surface area contributed by atoms with Gasteiger partial charge in [0.15, 0.2) is 0 Å². The predicted molar refractivity (Wildman–Crippen MR) is 41.8 cm³/mol. The zero-order valence-electron chi connectivity index (χ0n) is 7.34. The van der Waals surface area contributed by atoms with E-state index in [2.05, 4.69) is 4.74 Å². The van der Waals surface area contributed by atoms with E-state index in [4.69, 9.17) is 0 Å². The van der Waals surface area contributed by atoms with Crippen LogP contribution in [0.4, 0.5) is 13.2 Å². The minimum Gasteiger partial charge on any atom is -0.364 e. The quantitative estimate of drug-likeness (QED) is 0.708. The first-order valence-corrected chi connectivity index (χ1v) is 3.72. The number of alkyl halides is 3. The Morgan fingerprint density at radius 1 is 1.57 bits per heavy atom. The summed E-state index contributed by atoms with van der Waals surface area (Å²) < 4.78 is 41.8. The maximum Gasteiger partial charge on any atom is 0.456 e. The molecule has 0 saturated carbocycles. The Balaban J connectivity index is 2.95. The SMILES string of the molecule is COCn1cccc1C(=O)C(F)(F)F. The van der Waals surface area contributed by atoms with Crippen LogP contribution >= 0.6 is 0 Å². The second kappa shape index (κ2) is 3.83. The average molecular weight is 207 g/mol. The van der Waals surface area contributed by atoms with Crippen molar-refractivity contribution in [2.75, 3.05) is 7.11 Å². The molecule has 0 amide bonds. The van der Waals surface area contributed by atoms with Crippen LogP contribution < -0.4 is 0 Å². The minimum absolute atomic E-state index is 0.0792. The van der Waals surface area contributed by atoms with Crippen LogP contribution in [0, 0.1) is 0 Å². The first kappa shape index (κ1) is 10.8. The molecule has 3 nitrogen and oxygen atoms in total. The van der Waals surface area contributed by atoms with Gasteiger partial charge in [-0.1, -0.05) is 0 Å². The first-order valence-electron chi connectivity index (χ1n) is 3.72. The first-order chi connectivity index (χ1) is 6.46. The highest BCUT2D eigenvalue weighted by molar-refractivity contribution is 5.98. The fourth-order valence-electron chi connectivity index (χ4n) is 1.02. The molecule has 0 atom stereocenters. The van der Waals surface area contributed by atoms with Gasteiger partial charge >= 0.3 is 6.18 Å². The largest absolute Gasteiger partial charge is 0.456 e. The summed E-state index contributed by atoms with van der Waals surface area (Å²) in [5, 5.41) is 0. The van der Waals surface area contributed by atoms with Gasteiger partial charge in [0.05, 0.1) is 5.69 Å². The molecule has 1 aromatic rings. The van der Waals surface area contributed by atoms with Crippen molar-refractivity contribution < 1.29 is 22.7 Å². The number of carbonyl (C=O) groups is 1. The second-order valence-corrected chi connectivity index (χ2v) is 2.61. The molecule has 0 spiro atoms. The highest BCUT2D eigenvalue weighted by Crippen LogP contribution is 2.21. The fraction of sp³-hybridized carbons (Fsp3) is 0.375. The zero-order chi connectivity index (χ0) is 10.8. The van der Waals surface area contributed by atoms with E-state index >= 15 is 0 Å². The predicted octanol–water partition coefficient (Wildman–Crippen LogP) is 1.84. The van der Waals surface area contributed by atoms with Gasteiger partial charge in [-0.05, 0) is 12.1 Å². The Labute approximate surface area is 78.1 Å². The number of hydrogen-bond acceptors (Lipinski definition) is 2. The van der Waals surface area contributed by atoms with Gasteiger partial charge in [0, 0.05) is 13.3 Å². The molecule has 0 aliphatic carbocycles. The van der Waals surface area contributed by atoms with E-state index in [1.165, 1.54) is 19.4 Å². The lowest BCUT2D eigenvalue weighted by molar-refractivity contribution is -0.0892. The van der Waals surface area contributed by atoms with Crippen LogP contribution in [0.5, 0.6) is 0 Å². The standard InChI is InChI=1S/C8H8F3NO2/c1-14-5-12-4-2-3-6(12)7(13)8(9,10)11/h2-4H,5H2,1H3. The topological polar surface area (TPSA) is 31.2 Å². The van der Waals surface area contributed by atoms with Gasteiger partial charge in [0.2, 0.25) is 0 Å². The minimum atomic E-state index is -4.84. The molecule has 6 heteroatoms. The Morgan fingerprint density at radius 3 is 2.71 bits per heavy atom. The molecular weight excluding hydrogens is 199 g/mol. The molecule has 1 heterocycles. The molecule has 14 heavy (non-hydrogen) atoms. The molecule has 1 aromatic heterocycles. The fourth-order valence-corrected chi connectivity index (χ4v) is 1.02. The van der Waals surface area contributed by atoms with Gasteiger partial charge in [-0.15, -0.1) is 0 Å². The summed E-state index contributed by atoms with van der Waals surface area (Å²) in [7, 11) is 1.34. The van der Waals surface area contributed by atoms with Gasteiger partial charge in [0.1, 0.15) is 6.73 Å². The smallest absolute Gasteiger partial charge is 0.364 e. The number of carbonyl (C=O) groups excluding carboxylic acids is 1. The summed E-state index contributed by atoms with van der Waals surface area (Å²) in [4.78, 5) is 10.8. The Hall–Kier alpha value is -1.30. The van der Waals surface area contributed by atoms with Crippen LogP contribution in [0.1, 0.15) is 10.5 Å². The lowest BCUT2D eigenvalue weighted by atomic mass is 10.3. The number of ether oxygens (including phenoxy) is 1. The van der Waals surface area contributed by atoms with E-state index in [1.54, 1.807) is 0 Å². The number of aromatic nitrogens is 1. The van der Waals surface area contributed by atoms with E-state index in [1.807, 2.05) is 0 Å². The van der Waals surface area contributed by atoms with Gasteiger partial charge in [-0.2, -0.15) is 13.2 Å². The van der Waals surface area contributed by atoms with Crippen LogP contribution in [0.2, 0.25) is 0 Å². The third-order valence-electron chi connectivity index (χ3n) is 1.59. The summed E-state index contributed by atoms with van der Waals surface area (Å²) in [5.41, 5.74) is -0.417. The summed E-state index contributed by atoms with van der Waals surface area (Å²) >= 11 is 0. The molecular formula is C8H8F3NO2. The number of hydrogen-bond donors (Lipinski definition) is 0. The third-order valence-corrected chi connectivity index (χ3v) is 1.59. The molecule has 0 fully saturated rings. The van der Waals surface area contributed by atoms with E-state index in [0.717, 1.165) is 10.6 Å². The van der Waals surface area contributed by atoms with E-state index in [-0.39, 0.29) is 6.73 Å². The van der Waals surface area contributed by atoms with Crippen molar-refractivity contribution in [3.8, 4) is 0 Å². The maximum absolute atomic E-state index is 12.0. The summed E-state index contributed by atoms with van der Waals surface area (Å²) in [6, 6.07) is 2.47. The van der Waals surface area contributed by atoms with Gasteiger partial charge in [-0.25, -0.2) is 0 Å².